The van der Waals surface area contributed by atoms with Crippen LogP contribution in [0.5, 0.6) is 5.75 Å². The van der Waals surface area contributed by atoms with Crippen LogP contribution in [0.1, 0.15) is 24.2 Å². The Labute approximate surface area is 150 Å². The highest BCUT2D eigenvalue weighted by atomic mass is 16.5. The lowest BCUT2D eigenvalue weighted by Gasteiger charge is -2.19. The van der Waals surface area contributed by atoms with E-state index in [0.29, 0.717) is 17.0 Å². The molecule has 0 fully saturated rings. The largest absolute Gasteiger partial charge is 0.497 e. The average molecular weight is 360 g/mol. The molecule has 2 rings (SSSR count). The molecule has 0 aliphatic carbocycles. The molecule has 138 valence electrons. The number of nitrogens with one attached hydrogen (secondary N) is 2. The van der Waals surface area contributed by atoms with E-state index in [1.165, 1.54) is 38.0 Å². The van der Waals surface area contributed by atoms with Gasteiger partial charge in [-0.05, 0) is 32.0 Å². The average Bonchev–Trinajstić information content (AvgIpc) is 3.08. The Bertz CT molecular complexity index is 828. The van der Waals surface area contributed by atoms with Gasteiger partial charge >= 0.3 is 5.97 Å². The first-order chi connectivity index (χ1) is 12.2. The minimum atomic E-state index is -1.25. The number of ether oxygens (including phenoxy) is 1. The Morgan fingerprint density at radius 3 is 2.69 bits per heavy atom. The second-order valence-electron chi connectivity index (χ2n) is 6.00. The number of amides is 2. The number of nitrogens with zero attached hydrogens (tertiary/aromatic N) is 2. The smallest absolute Gasteiger partial charge is 0.331 e. The van der Waals surface area contributed by atoms with Gasteiger partial charge in [-0.2, -0.15) is 5.10 Å². The SMILES string of the molecule is COc1cccc(C(=O)NCC(=O)Nc2cnn(C(C)(C)C(=O)O)c2)c1. The standard InChI is InChI=1S/C17H20N4O5/c1-17(2,16(24)25)21-10-12(8-19-21)20-14(22)9-18-15(23)11-5-4-6-13(7-11)26-3/h4-8,10H,9H2,1-3H3,(H,18,23)(H,20,22)(H,24,25). The number of carbonyl (C=O) groups is 3. The molecule has 0 aliphatic rings. The van der Waals surface area contributed by atoms with E-state index in [1.54, 1.807) is 24.3 Å². The van der Waals surface area contributed by atoms with Crippen molar-refractivity contribution in [3.8, 4) is 5.75 Å². The van der Waals surface area contributed by atoms with Crippen molar-refractivity contribution in [1.82, 2.24) is 15.1 Å². The van der Waals surface area contributed by atoms with Crippen LogP contribution in [0.3, 0.4) is 0 Å². The Morgan fingerprint density at radius 1 is 1.31 bits per heavy atom. The first-order valence-corrected chi connectivity index (χ1v) is 7.74. The number of anilines is 1. The zero-order chi connectivity index (χ0) is 19.3. The minimum absolute atomic E-state index is 0.246. The van der Waals surface area contributed by atoms with Gasteiger partial charge in [-0.25, -0.2) is 4.79 Å². The monoisotopic (exact) mass is 360 g/mol. The predicted molar refractivity (Wildman–Crippen MR) is 93.1 cm³/mol. The number of carboxylic acids is 1. The minimum Gasteiger partial charge on any atom is -0.497 e. The molecular formula is C17H20N4O5. The summed E-state index contributed by atoms with van der Waals surface area (Å²) in [6.45, 7) is 2.73. The Hall–Kier alpha value is -3.36. The summed E-state index contributed by atoms with van der Waals surface area (Å²) in [4.78, 5) is 35.2. The molecule has 0 saturated heterocycles. The quantitative estimate of drug-likeness (QED) is 0.679. The topological polar surface area (TPSA) is 123 Å². The molecule has 1 aromatic heterocycles. The molecule has 1 heterocycles. The van der Waals surface area contributed by atoms with Crippen molar-refractivity contribution in [3.05, 3.63) is 42.2 Å². The number of aromatic nitrogens is 2. The lowest BCUT2D eigenvalue weighted by atomic mass is 10.1. The summed E-state index contributed by atoms with van der Waals surface area (Å²) in [5.74, 6) is -1.39. The number of benzene rings is 1. The number of carboxylic acid groups (broad SMARTS) is 1. The first kappa shape index (κ1) is 19.0. The fraction of sp³-hybridized carbons (Fsp3) is 0.294. The van der Waals surface area contributed by atoms with Crippen LogP contribution in [-0.2, 0) is 15.1 Å². The van der Waals surface area contributed by atoms with Gasteiger partial charge in [-0.1, -0.05) is 6.07 Å². The Morgan fingerprint density at radius 2 is 2.04 bits per heavy atom. The molecule has 0 bridgehead atoms. The van der Waals surface area contributed by atoms with Gasteiger partial charge in [-0.15, -0.1) is 0 Å². The zero-order valence-electron chi connectivity index (χ0n) is 14.6. The molecule has 0 saturated carbocycles. The van der Waals surface area contributed by atoms with Crippen molar-refractivity contribution in [2.45, 2.75) is 19.4 Å². The van der Waals surface area contributed by atoms with Gasteiger partial charge in [0.25, 0.3) is 5.91 Å². The summed E-state index contributed by atoms with van der Waals surface area (Å²) in [7, 11) is 1.50. The molecule has 2 aromatic rings. The lowest BCUT2D eigenvalue weighted by molar-refractivity contribution is -0.146. The van der Waals surface area contributed by atoms with Crippen LogP contribution < -0.4 is 15.4 Å². The van der Waals surface area contributed by atoms with Gasteiger partial charge in [0.15, 0.2) is 5.54 Å². The molecule has 9 nitrogen and oxygen atoms in total. The maximum atomic E-state index is 12.1. The number of carbonyl (C=O) groups excluding carboxylic acids is 2. The van der Waals surface area contributed by atoms with E-state index in [9.17, 15) is 19.5 Å². The van der Waals surface area contributed by atoms with Gasteiger partial charge in [-0.3, -0.25) is 14.3 Å². The van der Waals surface area contributed by atoms with Gasteiger partial charge in [0, 0.05) is 11.8 Å². The lowest BCUT2D eigenvalue weighted by Crippen LogP contribution is -2.36. The third-order valence-electron chi connectivity index (χ3n) is 3.70. The van der Waals surface area contributed by atoms with Crippen LogP contribution in [0.15, 0.2) is 36.7 Å². The van der Waals surface area contributed by atoms with Crippen molar-refractivity contribution in [2.24, 2.45) is 0 Å². The number of rotatable bonds is 7. The maximum absolute atomic E-state index is 12.1. The second kappa shape index (κ2) is 7.68. The molecule has 26 heavy (non-hydrogen) atoms. The van der Waals surface area contributed by atoms with E-state index in [0.717, 1.165) is 0 Å². The van der Waals surface area contributed by atoms with Gasteiger partial charge in [0.05, 0.1) is 25.5 Å². The number of hydrogen-bond acceptors (Lipinski definition) is 5. The van der Waals surface area contributed by atoms with Gasteiger partial charge in [0.2, 0.25) is 5.91 Å². The normalized spacial score (nSPS) is 10.9. The van der Waals surface area contributed by atoms with Crippen molar-refractivity contribution in [2.75, 3.05) is 19.0 Å². The summed E-state index contributed by atoms with van der Waals surface area (Å²) in [5.41, 5.74) is -0.544. The van der Waals surface area contributed by atoms with Crippen molar-refractivity contribution < 1.29 is 24.2 Å². The number of hydrogen-bond donors (Lipinski definition) is 3. The fourth-order valence-electron chi connectivity index (χ4n) is 2.02. The van der Waals surface area contributed by atoms with Gasteiger partial charge < -0.3 is 20.5 Å². The Kier molecular flexibility index (Phi) is 5.61. The van der Waals surface area contributed by atoms with Crippen molar-refractivity contribution >= 4 is 23.5 Å². The molecule has 0 aliphatic heterocycles. The third kappa shape index (κ3) is 4.38. The van der Waals surface area contributed by atoms with Crippen molar-refractivity contribution in [3.63, 3.8) is 0 Å². The molecule has 0 atom stereocenters. The van der Waals surface area contributed by atoms with Crippen LogP contribution in [0.2, 0.25) is 0 Å². The number of methoxy groups -OCH3 is 1. The summed E-state index contributed by atoms with van der Waals surface area (Å²) in [6, 6.07) is 6.55. The molecule has 9 heteroatoms. The van der Waals surface area contributed by atoms with Crippen LogP contribution in [-0.4, -0.2) is 46.3 Å². The summed E-state index contributed by atoms with van der Waals surface area (Å²) in [5, 5.41) is 18.2. The molecule has 0 radical (unpaired) electrons. The summed E-state index contributed by atoms with van der Waals surface area (Å²) in [6.07, 6.45) is 2.75. The van der Waals surface area contributed by atoms with E-state index < -0.39 is 23.3 Å². The highest BCUT2D eigenvalue weighted by Crippen LogP contribution is 2.17. The predicted octanol–water partition coefficient (Wildman–Crippen LogP) is 1.08. The molecule has 2 amide bonds. The zero-order valence-corrected chi connectivity index (χ0v) is 14.6. The summed E-state index contributed by atoms with van der Waals surface area (Å²) >= 11 is 0. The third-order valence-corrected chi connectivity index (χ3v) is 3.70. The second-order valence-corrected chi connectivity index (χ2v) is 6.00. The van der Waals surface area contributed by atoms with Crippen LogP contribution in [0.25, 0.3) is 0 Å². The van der Waals surface area contributed by atoms with E-state index >= 15 is 0 Å². The first-order valence-electron chi connectivity index (χ1n) is 7.74. The highest BCUT2D eigenvalue weighted by Gasteiger charge is 2.30. The van der Waals surface area contributed by atoms with Crippen molar-refractivity contribution in [1.29, 1.82) is 0 Å². The van der Waals surface area contributed by atoms with E-state index in [1.807, 2.05) is 0 Å². The molecular weight excluding hydrogens is 340 g/mol. The molecule has 0 spiro atoms. The summed E-state index contributed by atoms with van der Waals surface area (Å²) < 4.78 is 6.28. The maximum Gasteiger partial charge on any atom is 0.331 e. The van der Waals surface area contributed by atoms with Gasteiger partial charge in [0.1, 0.15) is 5.75 Å². The molecule has 1 aromatic carbocycles. The van der Waals surface area contributed by atoms with E-state index in [4.69, 9.17) is 4.74 Å². The van der Waals surface area contributed by atoms with Crippen LogP contribution in [0, 0.1) is 0 Å². The van der Waals surface area contributed by atoms with E-state index in [2.05, 4.69) is 15.7 Å². The fourth-order valence-corrected chi connectivity index (χ4v) is 2.02. The van der Waals surface area contributed by atoms with Crippen LogP contribution in [0.4, 0.5) is 5.69 Å². The van der Waals surface area contributed by atoms with E-state index in [-0.39, 0.29) is 6.54 Å². The highest BCUT2D eigenvalue weighted by molar-refractivity contribution is 5.99. The Balaban J connectivity index is 1.92. The molecule has 3 N–H and O–H groups in total. The molecule has 0 unspecified atom stereocenters. The van der Waals surface area contributed by atoms with Crippen LogP contribution >= 0.6 is 0 Å². The number of aliphatic carboxylic acids is 1.